The molecule has 0 saturated carbocycles. The fraction of sp³-hybridized carbons (Fsp3) is 0.111. The summed E-state index contributed by atoms with van der Waals surface area (Å²) in [5.41, 5.74) is 6.17. The average Bonchev–Trinajstić information content (AvgIpc) is 2.66. The molecule has 0 aliphatic carbocycles. The number of benzene rings is 1. The quantitative estimate of drug-likeness (QED) is 0.820. The van der Waals surface area contributed by atoms with Crippen molar-refractivity contribution in [2.75, 3.05) is 0 Å². The largest absolute Gasteiger partial charge is 0.338 e. The van der Waals surface area contributed by atoms with E-state index in [2.05, 4.69) is 10.1 Å². The number of hydrogen-bond donors (Lipinski definition) is 1. The molecule has 0 fully saturated rings. The molecule has 4 nitrogen and oxygen atoms in total. The molecule has 1 heterocycles. The van der Waals surface area contributed by atoms with Gasteiger partial charge in [0.2, 0.25) is 11.7 Å². The SMILES string of the molecule is NCc1nc(-c2cccc(Cl)c2)no1. The monoisotopic (exact) mass is 209 g/mol. The summed E-state index contributed by atoms with van der Waals surface area (Å²) in [6.45, 7) is 0.244. The lowest BCUT2D eigenvalue weighted by Crippen LogP contribution is -1.95. The van der Waals surface area contributed by atoms with Gasteiger partial charge in [-0.05, 0) is 12.1 Å². The first-order chi connectivity index (χ1) is 6.79. The summed E-state index contributed by atoms with van der Waals surface area (Å²) in [6.07, 6.45) is 0. The molecule has 0 atom stereocenters. The predicted molar refractivity (Wildman–Crippen MR) is 52.6 cm³/mol. The smallest absolute Gasteiger partial charge is 0.240 e. The minimum absolute atomic E-state index is 0.244. The lowest BCUT2D eigenvalue weighted by molar-refractivity contribution is 0.380. The molecule has 0 spiro atoms. The van der Waals surface area contributed by atoms with Crippen LogP contribution in [-0.4, -0.2) is 10.1 Å². The molecule has 0 aliphatic rings. The van der Waals surface area contributed by atoms with Gasteiger partial charge in [0, 0.05) is 10.6 Å². The van der Waals surface area contributed by atoms with Gasteiger partial charge < -0.3 is 10.3 Å². The Kier molecular flexibility index (Phi) is 2.47. The van der Waals surface area contributed by atoms with Crippen molar-refractivity contribution >= 4 is 11.6 Å². The molecule has 5 heteroatoms. The average molecular weight is 210 g/mol. The van der Waals surface area contributed by atoms with Crippen LogP contribution in [-0.2, 0) is 6.54 Å². The standard InChI is InChI=1S/C9H8ClN3O/c10-7-3-1-2-6(4-7)9-12-8(5-11)14-13-9/h1-4H,5,11H2. The van der Waals surface area contributed by atoms with E-state index in [9.17, 15) is 0 Å². The molecule has 0 radical (unpaired) electrons. The third-order valence-corrected chi connectivity index (χ3v) is 1.96. The van der Waals surface area contributed by atoms with Crippen molar-refractivity contribution in [2.45, 2.75) is 6.54 Å². The number of halogens is 1. The molecule has 0 bridgehead atoms. The molecule has 72 valence electrons. The van der Waals surface area contributed by atoms with Crippen molar-refractivity contribution in [1.82, 2.24) is 10.1 Å². The van der Waals surface area contributed by atoms with Gasteiger partial charge in [-0.1, -0.05) is 28.9 Å². The second-order valence-corrected chi connectivity index (χ2v) is 3.16. The maximum Gasteiger partial charge on any atom is 0.240 e. The number of nitrogens with zero attached hydrogens (tertiary/aromatic N) is 2. The number of nitrogens with two attached hydrogens (primary N) is 1. The molecule has 14 heavy (non-hydrogen) atoms. The van der Waals surface area contributed by atoms with E-state index < -0.39 is 0 Å². The summed E-state index contributed by atoms with van der Waals surface area (Å²) >= 11 is 5.82. The third-order valence-electron chi connectivity index (χ3n) is 1.73. The molecule has 1 aromatic carbocycles. The van der Waals surface area contributed by atoms with Crippen molar-refractivity contribution in [3.63, 3.8) is 0 Å². The van der Waals surface area contributed by atoms with E-state index in [1.54, 1.807) is 12.1 Å². The summed E-state index contributed by atoms with van der Waals surface area (Å²) in [5.74, 6) is 0.924. The van der Waals surface area contributed by atoms with Crippen LogP contribution in [0.4, 0.5) is 0 Å². The fourth-order valence-corrected chi connectivity index (χ4v) is 1.27. The zero-order chi connectivity index (χ0) is 9.97. The van der Waals surface area contributed by atoms with Crippen molar-refractivity contribution in [1.29, 1.82) is 0 Å². The molecule has 2 aromatic rings. The Morgan fingerprint density at radius 1 is 1.43 bits per heavy atom. The molecule has 2 N–H and O–H groups in total. The van der Waals surface area contributed by atoms with E-state index in [4.69, 9.17) is 21.9 Å². The van der Waals surface area contributed by atoms with E-state index in [0.29, 0.717) is 16.7 Å². The Morgan fingerprint density at radius 3 is 2.93 bits per heavy atom. The number of aromatic nitrogens is 2. The fourth-order valence-electron chi connectivity index (χ4n) is 1.08. The van der Waals surface area contributed by atoms with Gasteiger partial charge in [0.15, 0.2) is 0 Å². The summed E-state index contributed by atoms with van der Waals surface area (Å²) in [6, 6.07) is 7.24. The second-order valence-electron chi connectivity index (χ2n) is 2.73. The normalized spacial score (nSPS) is 10.4. The Balaban J connectivity index is 2.39. The maximum atomic E-state index is 5.82. The van der Waals surface area contributed by atoms with Gasteiger partial charge in [-0.25, -0.2) is 0 Å². The van der Waals surface area contributed by atoms with Crippen LogP contribution >= 0.6 is 11.6 Å². The zero-order valence-corrected chi connectivity index (χ0v) is 8.03. The van der Waals surface area contributed by atoms with Crippen LogP contribution in [0, 0.1) is 0 Å². The Morgan fingerprint density at radius 2 is 2.29 bits per heavy atom. The predicted octanol–water partition coefficient (Wildman–Crippen LogP) is 1.85. The number of rotatable bonds is 2. The topological polar surface area (TPSA) is 64.9 Å². The summed E-state index contributed by atoms with van der Waals surface area (Å²) in [4.78, 5) is 4.08. The van der Waals surface area contributed by atoms with Gasteiger partial charge in [-0.3, -0.25) is 0 Å². The maximum absolute atomic E-state index is 5.82. The van der Waals surface area contributed by atoms with Crippen LogP contribution < -0.4 is 5.73 Å². The van der Waals surface area contributed by atoms with Gasteiger partial charge in [0.1, 0.15) is 0 Å². The van der Waals surface area contributed by atoms with Crippen LogP contribution in [0.3, 0.4) is 0 Å². The third kappa shape index (κ3) is 1.76. The van der Waals surface area contributed by atoms with Crippen LogP contribution in [0.1, 0.15) is 5.89 Å². The molecule has 0 amide bonds. The lowest BCUT2D eigenvalue weighted by Gasteiger charge is -1.93. The highest BCUT2D eigenvalue weighted by atomic mass is 35.5. The first-order valence-corrected chi connectivity index (χ1v) is 4.46. The van der Waals surface area contributed by atoms with Gasteiger partial charge in [0.25, 0.3) is 0 Å². The van der Waals surface area contributed by atoms with Crippen LogP contribution in [0.5, 0.6) is 0 Å². The molecular formula is C9H8ClN3O. The van der Waals surface area contributed by atoms with E-state index >= 15 is 0 Å². The first kappa shape index (κ1) is 9.18. The van der Waals surface area contributed by atoms with Crippen LogP contribution in [0.15, 0.2) is 28.8 Å². The first-order valence-electron chi connectivity index (χ1n) is 4.08. The van der Waals surface area contributed by atoms with Crippen LogP contribution in [0.25, 0.3) is 11.4 Å². The molecule has 0 unspecified atom stereocenters. The zero-order valence-electron chi connectivity index (χ0n) is 7.27. The van der Waals surface area contributed by atoms with Gasteiger partial charge in [0.05, 0.1) is 6.54 Å². The van der Waals surface area contributed by atoms with Crippen LogP contribution in [0.2, 0.25) is 5.02 Å². The van der Waals surface area contributed by atoms with E-state index in [1.165, 1.54) is 0 Å². The molecular weight excluding hydrogens is 202 g/mol. The summed E-state index contributed by atoms with van der Waals surface area (Å²) in [7, 11) is 0. The Hall–Kier alpha value is -1.39. The van der Waals surface area contributed by atoms with E-state index in [0.717, 1.165) is 5.56 Å². The lowest BCUT2D eigenvalue weighted by atomic mass is 10.2. The molecule has 0 saturated heterocycles. The van der Waals surface area contributed by atoms with Crippen molar-refractivity contribution in [3.05, 3.63) is 35.2 Å². The summed E-state index contributed by atoms with van der Waals surface area (Å²) in [5, 5.41) is 4.41. The highest BCUT2D eigenvalue weighted by Crippen LogP contribution is 2.19. The van der Waals surface area contributed by atoms with Gasteiger partial charge >= 0.3 is 0 Å². The van der Waals surface area contributed by atoms with Crippen molar-refractivity contribution in [2.24, 2.45) is 5.73 Å². The molecule has 1 aromatic heterocycles. The van der Waals surface area contributed by atoms with Crippen molar-refractivity contribution < 1.29 is 4.52 Å². The number of hydrogen-bond acceptors (Lipinski definition) is 4. The second kappa shape index (κ2) is 3.77. The summed E-state index contributed by atoms with van der Waals surface area (Å²) < 4.78 is 4.88. The minimum atomic E-state index is 0.244. The van der Waals surface area contributed by atoms with Gasteiger partial charge in [-0.15, -0.1) is 0 Å². The van der Waals surface area contributed by atoms with E-state index in [-0.39, 0.29) is 6.54 Å². The van der Waals surface area contributed by atoms with Gasteiger partial charge in [-0.2, -0.15) is 4.98 Å². The Bertz CT molecular complexity index is 441. The molecule has 0 aliphatic heterocycles. The highest BCUT2D eigenvalue weighted by molar-refractivity contribution is 6.30. The molecule has 2 rings (SSSR count). The van der Waals surface area contributed by atoms with Crippen molar-refractivity contribution in [3.8, 4) is 11.4 Å². The Labute approximate surface area is 85.7 Å². The minimum Gasteiger partial charge on any atom is -0.338 e. The highest BCUT2D eigenvalue weighted by Gasteiger charge is 2.06. The van der Waals surface area contributed by atoms with E-state index in [1.807, 2.05) is 12.1 Å².